The van der Waals surface area contributed by atoms with Crippen LogP contribution in [0.15, 0.2) is 55.1 Å². The van der Waals surface area contributed by atoms with Gasteiger partial charge in [0, 0.05) is 12.7 Å². The molecule has 2 aromatic heterocycles. The average molecular weight is 321 g/mol. The second-order valence-electron chi connectivity index (χ2n) is 5.69. The maximum absolute atomic E-state index is 12.6. The summed E-state index contributed by atoms with van der Waals surface area (Å²) in [5, 5.41) is 4.11. The lowest BCUT2D eigenvalue weighted by Gasteiger charge is -2.25. The van der Waals surface area contributed by atoms with Crippen LogP contribution in [0.2, 0.25) is 0 Å². The Morgan fingerprint density at radius 3 is 2.54 bits per heavy atom. The third-order valence-corrected chi connectivity index (χ3v) is 4.07. The Morgan fingerprint density at radius 2 is 1.92 bits per heavy atom. The van der Waals surface area contributed by atoms with Gasteiger partial charge in [0.25, 0.3) is 5.91 Å². The molecule has 122 valence electrons. The van der Waals surface area contributed by atoms with Crippen molar-refractivity contribution >= 4 is 5.91 Å². The normalized spacial score (nSPS) is 12.0. The fourth-order valence-electron chi connectivity index (χ4n) is 2.49. The van der Waals surface area contributed by atoms with Gasteiger partial charge in [0.1, 0.15) is 18.3 Å². The van der Waals surface area contributed by atoms with Crippen LogP contribution in [-0.2, 0) is 0 Å². The molecule has 2 heterocycles. The van der Waals surface area contributed by atoms with Gasteiger partial charge in [0.05, 0.1) is 11.7 Å². The molecule has 24 heavy (non-hydrogen) atoms. The van der Waals surface area contributed by atoms with E-state index in [1.807, 2.05) is 50.2 Å². The molecule has 0 saturated carbocycles. The molecule has 0 radical (unpaired) electrons. The number of carbonyl (C=O) groups is 1. The second kappa shape index (κ2) is 6.62. The van der Waals surface area contributed by atoms with Crippen molar-refractivity contribution in [2.24, 2.45) is 0 Å². The first-order chi connectivity index (χ1) is 11.6. The fourth-order valence-corrected chi connectivity index (χ4v) is 2.49. The zero-order valence-corrected chi connectivity index (χ0v) is 13.9. The number of nitrogens with zero attached hydrogens (tertiary/aromatic N) is 5. The van der Waals surface area contributed by atoms with Crippen LogP contribution in [0.1, 0.15) is 34.7 Å². The van der Waals surface area contributed by atoms with Crippen molar-refractivity contribution in [3.63, 3.8) is 0 Å². The minimum absolute atomic E-state index is 0.0652. The minimum atomic E-state index is -0.0912. The summed E-state index contributed by atoms with van der Waals surface area (Å²) in [5.41, 5.74) is 3.27. The van der Waals surface area contributed by atoms with Crippen LogP contribution in [0.5, 0.6) is 0 Å². The molecule has 1 aromatic carbocycles. The highest BCUT2D eigenvalue weighted by Gasteiger charge is 2.20. The summed E-state index contributed by atoms with van der Waals surface area (Å²) in [7, 11) is 1.79. The summed E-state index contributed by atoms with van der Waals surface area (Å²) in [6, 6.07) is 13.3. The second-order valence-corrected chi connectivity index (χ2v) is 5.69. The summed E-state index contributed by atoms with van der Waals surface area (Å²) in [5.74, 6) is -0.0912. The van der Waals surface area contributed by atoms with Crippen LogP contribution in [0.4, 0.5) is 0 Å². The van der Waals surface area contributed by atoms with Gasteiger partial charge in [0.15, 0.2) is 0 Å². The SMILES string of the molecule is Cc1cccc(C(=O)N(C)C(C)c2ccc(-n3cncn3)cc2)n1. The van der Waals surface area contributed by atoms with E-state index in [2.05, 4.69) is 15.1 Å². The molecular formula is C18H19N5O. The maximum atomic E-state index is 12.6. The number of hydrogen-bond acceptors (Lipinski definition) is 4. The van der Waals surface area contributed by atoms with Crippen LogP contribution in [-0.4, -0.2) is 37.6 Å². The van der Waals surface area contributed by atoms with Crippen molar-refractivity contribution in [3.05, 3.63) is 72.1 Å². The Bertz CT molecular complexity index is 827. The van der Waals surface area contributed by atoms with Crippen molar-refractivity contribution < 1.29 is 4.79 Å². The number of hydrogen-bond donors (Lipinski definition) is 0. The van der Waals surface area contributed by atoms with E-state index in [-0.39, 0.29) is 11.9 Å². The lowest BCUT2D eigenvalue weighted by Crippen LogP contribution is -2.30. The standard InChI is InChI=1S/C18H19N5O/c1-13-5-4-6-17(21-13)18(24)22(3)14(2)15-7-9-16(10-8-15)23-12-19-11-20-23/h4-12,14H,1-3H3. The number of aryl methyl sites for hydroxylation is 1. The molecule has 0 aliphatic heterocycles. The molecule has 3 rings (SSSR count). The summed E-state index contributed by atoms with van der Waals surface area (Å²) in [4.78, 5) is 22.6. The Kier molecular flexibility index (Phi) is 4.37. The zero-order valence-electron chi connectivity index (χ0n) is 13.9. The van der Waals surface area contributed by atoms with E-state index in [0.717, 1.165) is 16.9 Å². The lowest BCUT2D eigenvalue weighted by molar-refractivity contribution is 0.0736. The highest BCUT2D eigenvalue weighted by Crippen LogP contribution is 2.21. The third-order valence-electron chi connectivity index (χ3n) is 4.07. The van der Waals surface area contributed by atoms with Crippen molar-refractivity contribution in [1.29, 1.82) is 0 Å². The molecule has 3 aromatic rings. The van der Waals surface area contributed by atoms with Crippen molar-refractivity contribution in [2.45, 2.75) is 19.9 Å². The van der Waals surface area contributed by atoms with E-state index >= 15 is 0 Å². The van der Waals surface area contributed by atoms with E-state index in [0.29, 0.717) is 5.69 Å². The lowest BCUT2D eigenvalue weighted by atomic mass is 10.1. The maximum Gasteiger partial charge on any atom is 0.272 e. The van der Waals surface area contributed by atoms with Crippen molar-refractivity contribution in [1.82, 2.24) is 24.6 Å². The van der Waals surface area contributed by atoms with Crippen LogP contribution in [0, 0.1) is 6.92 Å². The van der Waals surface area contributed by atoms with E-state index < -0.39 is 0 Å². The molecule has 0 aliphatic carbocycles. The highest BCUT2D eigenvalue weighted by molar-refractivity contribution is 5.92. The monoisotopic (exact) mass is 321 g/mol. The molecular weight excluding hydrogens is 302 g/mol. The molecule has 0 fully saturated rings. The van der Waals surface area contributed by atoms with E-state index in [1.54, 1.807) is 29.0 Å². The molecule has 1 unspecified atom stereocenters. The van der Waals surface area contributed by atoms with Gasteiger partial charge in [-0.3, -0.25) is 4.79 Å². The first kappa shape index (κ1) is 15.9. The topological polar surface area (TPSA) is 63.9 Å². The van der Waals surface area contributed by atoms with E-state index in [4.69, 9.17) is 0 Å². The third kappa shape index (κ3) is 3.17. The Balaban J connectivity index is 1.78. The van der Waals surface area contributed by atoms with E-state index in [9.17, 15) is 4.79 Å². The predicted octanol–water partition coefficient (Wildman–Crippen LogP) is 2.80. The fraction of sp³-hybridized carbons (Fsp3) is 0.222. The van der Waals surface area contributed by atoms with Crippen LogP contribution in [0.25, 0.3) is 5.69 Å². The minimum Gasteiger partial charge on any atom is -0.334 e. The van der Waals surface area contributed by atoms with Gasteiger partial charge in [-0.25, -0.2) is 14.6 Å². The van der Waals surface area contributed by atoms with Crippen LogP contribution < -0.4 is 0 Å². The molecule has 6 heteroatoms. The first-order valence-electron chi connectivity index (χ1n) is 7.72. The predicted molar refractivity (Wildman–Crippen MR) is 90.8 cm³/mol. The van der Waals surface area contributed by atoms with E-state index in [1.165, 1.54) is 6.33 Å². The highest BCUT2D eigenvalue weighted by atomic mass is 16.2. The summed E-state index contributed by atoms with van der Waals surface area (Å²) >= 11 is 0. The number of carbonyl (C=O) groups excluding carboxylic acids is 1. The van der Waals surface area contributed by atoms with Gasteiger partial charge in [-0.15, -0.1) is 0 Å². The summed E-state index contributed by atoms with van der Waals surface area (Å²) in [6.07, 6.45) is 3.15. The molecule has 6 nitrogen and oxygen atoms in total. The summed E-state index contributed by atoms with van der Waals surface area (Å²) in [6.45, 7) is 3.88. The number of aromatic nitrogens is 4. The van der Waals surface area contributed by atoms with Crippen LogP contribution in [0.3, 0.4) is 0 Å². The average Bonchev–Trinajstić information content (AvgIpc) is 3.14. The zero-order chi connectivity index (χ0) is 17.1. The van der Waals surface area contributed by atoms with Gasteiger partial charge in [-0.2, -0.15) is 5.10 Å². The van der Waals surface area contributed by atoms with Gasteiger partial charge in [0.2, 0.25) is 0 Å². The largest absolute Gasteiger partial charge is 0.334 e. The molecule has 0 spiro atoms. The Morgan fingerprint density at radius 1 is 1.17 bits per heavy atom. The quantitative estimate of drug-likeness (QED) is 0.741. The van der Waals surface area contributed by atoms with Gasteiger partial charge < -0.3 is 4.90 Å². The molecule has 1 atom stereocenters. The number of rotatable bonds is 4. The van der Waals surface area contributed by atoms with Gasteiger partial charge in [-0.05, 0) is 43.7 Å². The van der Waals surface area contributed by atoms with Gasteiger partial charge in [-0.1, -0.05) is 18.2 Å². The molecule has 1 amide bonds. The molecule has 0 bridgehead atoms. The van der Waals surface area contributed by atoms with Crippen molar-refractivity contribution in [3.8, 4) is 5.69 Å². The number of pyridine rings is 1. The first-order valence-corrected chi connectivity index (χ1v) is 7.72. The van der Waals surface area contributed by atoms with Crippen LogP contribution >= 0.6 is 0 Å². The Hall–Kier alpha value is -3.02. The number of benzene rings is 1. The molecule has 0 N–H and O–H groups in total. The van der Waals surface area contributed by atoms with Gasteiger partial charge >= 0.3 is 0 Å². The smallest absolute Gasteiger partial charge is 0.272 e. The number of amides is 1. The summed E-state index contributed by atoms with van der Waals surface area (Å²) < 4.78 is 1.69. The molecule has 0 saturated heterocycles. The Labute approximate surface area is 140 Å². The van der Waals surface area contributed by atoms with Crippen molar-refractivity contribution in [2.75, 3.05) is 7.05 Å². The molecule has 0 aliphatic rings.